The monoisotopic (exact) mass is 181 g/mol. The van der Waals surface area contributed by atoms with Gasteiger partial charge in [-0.25, -0.2) is 4.79 Å². The zero-order valence-corrected chi connectivity index (χ0v) is 8.29. The molecule has 0 unspecified atom stereocenters. The number of hydrogen-bond donors (Lipinski definition) is 1. The molecule has 13 heavy (non-hydrogen) atoms. The lowest BCUT2D eigenvalue weighted by Gasteiger charge is -2.07. The van der Waals surface area contributed by atoms with Gasteiger partial charge in [0, 0.05) is 12.2 Å². The number of carboxylic acids is 1. The fraction of sp³-hybridized carbons (Fsp3) is 0.500. The van der Waals surface area contributed by atoms with E-state index in [1.54, 1.807) is 0 Å². The third kappa shape index (κ3) is 1.74. The fourth-order valence-electron chi connectivity index (χ4n) is 1.64. The van der Waals surface area contributed by atoms with Crippen molar-refractivity contribution in [3.05, 3.63) is 23.0 Å². The lowest BCUT2D eigenvalue weighted by Crippen LogP contribution is -2.10. The van der Waals surface area contributed by atoms with Crippen molar-refractivity contribution in [2.24, 2.45) is 0 Å². The summed E-state index contributed by atoms with van der Waals surface area (Å²) in [5.74, 6) is -0.834. The minimum Gasteiger partial charge on any atom is -0.477 e. The lowest BCUT2D eigenvalue weighted by molar-refractivity contribution is 0.0684. The summed E-state index contributed by atoms with van der Waals surface area (Å²) < 4.78 is 1.86. The summed E-state index contributed by atoms with van der Waals surface area (Å²) in [5.41, 5.74) is 2.30. The van der Waals surface area contributed by atoms with E-state index in [9.17, 15) is 4.79 Å². The molecule has 1 rings (SSSR count). The predicted molar refractivity (Wildman–Crippen MR) is 51.2 cm³/mol. The van der Waals surface area contributed by atoms with Gasteiger partial charge >= 0.3 is 5.97 Å². The molecule has 0 atom stereocenters. The van der Waals surface area contributed by atoms with Gasteiger partial charge in [0.25, 0.3) is 0 Å². The maximum atomic E-state index is 10.9. The van der Waals surface area contributed by atoms with E-state index < -0.39 is 5.97 Å². The standard InChI is InChI=1S/C10H15NO2/c1-4-5-11-8(3)6-7(2)9(11)10(12)13/h6H,4-5H2,1-3H3,(H,12,13). The third-order valence-corrected chi connectivity index (χ3v) is 2.14. The highest BCUT2D eigenvalue weighted by atomic mass is 16.4. The summed E-state index contributed by atoms with van der Waals surface area (Å²) in [6, 6.07) is 1.92. The highest BCUT2D eigenvalue weighted by molar-refractivity contribution is 5.87. The summed E-state index contributed by atoms with van der Waals surface area (Å²) in [7, 11) is 0. The largest absolute Gasteiger partial charge is 0.477 e. The van der Waals surface area contributed by atoms with Gasteiger partial charge in [0.2, 0.25) is 0 Å². The zero-order valence-electron chi connectivity index (χ0n) is 8.29. The van der Waals surface area contributed by atoms with E-state index in [-0.39, 0.29) is 0 Å². The Kier molecular flexibility index (Phi) is 2.76. The summed E-state index contributed by atoms with van der Waals surface area (Å²) in [4.78, 5) is 10.9. The molecular weight excluding hydrogens is 166 g/mol. The molecule has 0 aromatic carbocycles. The Morgan fingerprint density at radius 1 is 1.54 bits per heavy atom. The average Bonchev–Trinajstić information content (AvgIpc) is 2.27. The maximum absolute atomic E-state index is 10.9. The van der Waals surface area contributed by atoms with E-state index in [1.807, 2.05) is 31.4 Å². The number of nitrogens with zero attached hydrogens (tertiary/aromatic N) is 1. The van der Waals surface area contributed by atoms with Crippen LogP contribution in [-0.2, 0) is 6.54 Å². The van der Waals surface area contributed by atoms with Gasteiger partial charge < -0.3 is 9.67 Å². The zero-order chi connectivity index (χ0) is 10.0. The van der Waals surface area contributed by atoms with Crippen molar-refractivity contribution in [2.75, 3.05) is 0 Å². The molecule has 0 aliphatic rings. The Morgan fingerprint density at radius 3 is 2.62 bits per heavy atom. The van der Waals surface area contributed by atoms with Crippen LogP contribution in [0.25, 0.3) is 0 Å². The van der Waals surface area contributed by atoms with Crippen LogP contribution in [0.4, 0.5) is 0 Å². The lowest BCUT2D eigenvalue weighted by atomic mass is 10.2. The average molecular weight is 181 g/mol. The molecule has 0 aliphatic heterocycles. The van der Waals surface area contributed by atoms with Crippen LogP contribution in [0.1, 0.15) is 35.1 Å². The molecule has 0 saturated heterocycles. The van der Waals surface area contributed by atoms with Crippen molar-refractivity contribution in [1.82, 2.24) is 4.57 Å². The molecule has 0 saturated carbocycles. The topological polar surface area (TPSA) is 42.2 Å². The highest BCUT2D eigenvalue weighted by Crippen LogP contribution is 2.15. The molecule has 1 N–H and O–H groups in total. The molecule has 0 fully saturated rings. The molecule has 0 bridgehead atoms. The third-order valence-electron chi connectivity index (χ3n) is 2.14. The highest BCUT2D eigenvalue weighted by Gasteiger charge is 2.14. The molecule has 0 radical (unpaired) electrons. The Bertz CT molecular complexity index is 326. The molecule has 0 spiro atoms. The van der Waals surface area contributed by atoms with Crippen molar-refractivity contribution in [3.63, 3.8) is 0 Å². The first kappa shape index (κ1) is 9.84. The second kappa shape index (κ2) is 3.64. The first-order valence-electron chi connectivity index (χ1n) is 4.48. The molecule has 1 aromatic heterocycles. The van der Waals surface area contributed by atoms with Gasteiger partial charge in [-0.15, -0.1) is 0 Å². The van der Waals surface area contributed by atoms with Crippen molar-refractivity contribution in [2.45, 2.75) is 33.7 Å². The first-order chi connectivity index (χ1) is 6.07. The molecule has 1 aromatic rings. The number of rotatable bonds is 3. The minimum atomic E-state index is -0.834. The second-order valence-corrected chi connectivity index (χ2v) is 3.27. The SMILES string of the molecule is CCCn1c(C)cc(C)c1C(=O)O. The quantitative estimate of drug-likeness (QED) is 0.776. The van der Waals surface area contributed by atoms with Crippen LogP contribution in [0.15, 0.2) is 6.07 Å². The second-order valence-electron chi connectivity index (χ2n) is 3.27. The van der Waals surface area contributed by atoms with Crippen LogP contribution in [-0.4, -0.2) is 15.6 Å². The normalized spacial score (nSPS) is 10.4. The van der Waals surface area contributed by atoms with E-state index in [1.165, 1.54) is 0 Å². The Hall–Kier alpha value is -1.25. The Balaban J connectivity index is 3.20. The van der Waals surface area contributed by atoms with Crippen LogP contribution in [0.3, 0.4) is 0 Å². The number of hydrogen-bond acceptors (Lipinski definition) is 1. The van der Waals surface area contributed by atoms with Crippen molar-refractivity contribution in [3.8, 4) is 0 Å². The number of aromatic carboxylic acids is 1. The first-order valence-corrected chi connectivity index (χ1v) is 4.48. The van der Waals surface area contributed by atoms with Gasteiger partial charge in [-0.2, -0.15) is 0 Å². The molecule has 0 amide bonds. The van der Waals surface area contributed by atoms with Gasteiger partial charge in [0.05, 0.1) is 0 Å². The maximum Gasteiger partial charge on any atom is 0.352 e. The van der Waals surface area contributed by atoms with Crippen LogP contribution in [0.2, 0.25) is 0 Å². The number of carbonyl (C=O) groups is 1. The Morgan fingerprint density at radius 2 is 2.15 bits per heavy atom. The van der Waals surface area contributed by atoms with Gasteiger partial charge in [0.1, 0.15) is 5.69 Å². The molecule has 0 aliphatic carbocycles. The smallest absolute Gasteiger partial charge is 0.352 e. The molecule has 72 valence electrons. The predicted octanol–water partition coefficient (Wildman–Crippen LogP) is 2.21. The summed E-state index contributed by atoms with van der Waals surface area (Å²) >= 11 is 0. The van der Waals surface area contributed by atoms with E-state index in [2.05, 4.69) is 0 Å². The van der Waals surface area contributed by atoms with E-state index in [0.717, 1.165) is 24.2 Å². The molecule has 3 heteroatoms. The van der Waals surface area contributed by atoms with Crippen LogP contribution < -0.4 is 0 Å². The summed E-state index contributed by atoms with van der Waals surface area (Å²) in [6.07, 6.45) is 0.954. The number of aryl methyl sites for hydroxylation is 2. The Labute approximate surface area is 78.0 Å². The van der Waals surface area contributed by atoms with Gasteiger partial charge in [-0.1, -0.05) is 6.92 Å². The van der Waals surface area contributed by atoms with E-state index in [0.29, 0.717) is 5.69 Å². The van der Waals surface area contributed by atoms with Gasteiger partial charge in [0.15, 0.2) is 0 Å². The number of carboxylic acid groups (broad SMARTS) is 1. The summed E-state index contributed by atoms with van der Waals surface area (Å²) in [5, 5.41) is 8.97. The van der Waals surface area contributed by atoms with Crippen LogP contribution in [0.5, 0.6) is 0 Å². The minimum absolute atomic E-state index is 0.430. The van der Waals surface area contributed by atoms with Crippen LogP contribution in [0, 0.1) is 13.8 Å². The van der Waals surface area contributed by atoms with Crippen LogP contribution >= 0.6 is 0 Å². The molecule has 3 nitrogen and oxygen atoms in total. The fourth-order valence-corrected chi connectivity index (χ4v) is 1.64. The van der Waals surface area contributed by atoms with Gasteiger partial charge in [-0.05, 0) is 31.9 Å². The van der Waals surface area contributed by atoms with Crippen molar-refractivity contribution < 1.29 is 9.90 Å². The van der Waals surface area contributed by atoms with Crippen molar-refractivity contribution in [1.29, 1.82) is 0 Å². The summed E-state index contributed by atoms with van der Waals surface area (Å²) in [6.45, 7) is 6.60. The number of aromatic nitrogens is 1. The molecule has 1 heterocycles. The van der Waals surface area contributed by atoms with E-state index >= 15 is 0 Å². The molecular formula is C10H15NO2. The van der Waals surface area contributed by atoms with Crippen molar-refractivity contribution >= 4 is 5.97 Å². The van der Waals surface area contributed by atoms with E-state index in [4.69, 9.17) is 5.11 Å². The van der Waals surface area contributed by atoms with Gasteiger partial charge in [-0.3, -0.25) is 0 Å².